The van der Waals surface area contributed by atoms with E-state index in [0.717, 1.165) is 51.1 Å². The number of anilines is 1. The molecule has 3 rings (SSSR count). The summed E-state index contributed by atoms with van der Waals surface area (Å²) in [6, 6.07) is 16.8. The predicted molar refractivity (Wildman–Crippen MR) is 133 cm³/mol. The third-order valence-corrected chi connectivity index (χ3v) is 5.82. The van der Waals surface area contributed by atoms with Crippen LogP contribution in [-0.2, 0) is 20.8 Å². The zero-order valence-corrected chi connectivity index (χ0v) is 20.0. The number of aliphatic carboxylic acids is 2. The summed E-state index contributed by atoms with van der Waals surface area (Å²) in [4.78, 5) is 36.0. The summed E-state index contributed by atoms with van der Waals surface area (Å²) < 4.78 is 13.0. The molecule has 1 heterocycles. The number of nitrogens with zero attached hydrogens (tertiary/aromatic N) is 2. The Hall–Kier alpha value is -3.52. The van der Waals surface area contributed by atoms with Crippen molar-refractivity contribution in [2.24, 2.45) is 5.92 Å². The molecule has 1 fully saturated rings. The standard InChI is InChI=1S/C23H29FN2O.C4H4O4/c1-2-23(27)26(22-6-4-3-5-7-22)18-20-13-16-25(17-14-20)15-12-19-8-10-21(24)11-9-19;5-3(6)1-2-4(7)8/h3-11,20H,2,12-18H2,1H3;1-2H,(H,5,6)(H,7,8)/b;2-1+. The largest absolute Gasteiger partial charge is 0.478 e. The number of rotatable bonds is 9. The number of hydrogen-bond donors (Lipinski definition) is 2. The van der Waals surface area contributed by atoms with Crippen molar-refractivity contribution in [3.8, 4) is 0 Å². The third kappa shape index (κ3) is 10.5. The highest BCUT2D eigenvalue weighted by Gasteiger charge is 2.24. The summed E-state index contributed by atoms with van der Waals surface area (Å²) in [6.45, 7) is 5.87. The average Bonchev–Trinajstić information content (AvgIpc) is 2.87. The summed E-state index contributed by atoms with van der Waals surface area (Å²) in [5, 5.41) is 15.6. The van der Waals surface area contributed by atoms with E-state index in [2.05, 4.69) is 4.90 Å². The van der Waals surface area contributed by atoms with E-state index in [0.29, 0.717) is 24.5 Å². The first-order valence-electron chi connectivity index (χ1n) is 11.7. The van der Waals surface area contributed by atoms with Gasteiger partial charge in [-0.1, -0.05) is 37.3 Å². The molecule has 1 saturated heterocycles. The Morgan fingerprint density at radius 3 is 2.06 bits per heavy atom. The van der Waals surface area contributed by atoms with E-state index < -0.39 is 11.9 Å². The van der Waals surface area contributed by atoms with Crippen LogP contribution in [0.1, 0.15) is 31.7 Å². The van der Waals surface area contributed by atoms with Gasteiger partial charge in [0, 0.05) is 37.3 Å². The minimum atomic E-state index is -1.26. The molecule has 8 heteroatoms. The molecule has 1 aliphatic rings. The predicted octanol–water partition coefficient (Wildman–Crippen LogP) is 4.24. The fraction of sp³-hybridized carbons (Fsp3) is 0.370. The van der Waals surface area contributed by atoms with Gasteiger partial charge in [0.25, 0.3) is 0 Å². The molecule has 0 aromatic heterocycles. The first kappa shape index (κ1) is 27.7. The van der Waals surface area contributed by atoms with Crippen molar-refractivity contribution < 1.29 is 29.0 Å². The molecule has 0 saturated carbocycles. The second-order valence-corrected chi connectivity index (χ2v) is 8.36. The Balaban J connectivity index is 0.000000466. The maximum atomic E-state index is 13.0. The first-order chi connectivity index (χ1) is 16.8. The summed E-state index contributed by atoms with van der Waals surface area (Å²) in [5.74, 6) is -1.95. The number of piperidine rings is 1. The molecule has 7 nitrogen and oxygen atoms in total. The van der Waals surface area contributed by atoms with Gasteiger partial charge in [-0.05, 0) is 68.1 Å². The van der Waals surface area contributed by atoms with Crippen LogP contribution in [0.15, 0.2) is 66.7 Å². The molecule has 1 aliphatic heterocycles. The topological polar surface area (TPSA) is 98.2 Å². The lowest BCUT2D eigenvalue weighted by atomic mass is 9.95. The van der Waals surface area contributed by atoms with Crippen molar-refractivity contribution in [2.45, 2.75) is 32.6 Å². The molecule has 0 radical (unpaired) electrons. The van der Waals surface area contributed by atoms with Crippen molar-refractivity contribution in [1.29, 1.82) is 0 Å². The Morgan fingerprint density at radius 1 is 0.971 bits per heavy atom. The number of likely N-dealkylation sites (tertiary alicyclic amines) is 1. The summed E-state index contributed by atoms with van der Waals surface area (Å²) in [6.07, 6.45) is 4.83. The lowest BCUT2D eigenvalue weighted by Gasteiger charge is -2.35. The average molecular weight is 485 g/mol. The van der Waals surface area contributed by atoms with Crippen molar-refractivity contribution in [2.75, 3.05) is 31.1 Å². The van der Waals surface area contributed by atoms with Crippen molar-refractivity contribution in [1.82, 2.24) is 4.90 Å². The summed E-state index contributed by atoms with van der Waals surface area (Å²) in [7, 11) is 0. The van der Waals surface area contributed by atoms with Crippen LogP contribution in [0.3, 0.4) is 0 Å². The molecular weight excluding hydrogens is 451 g/mol. The number of benzene rings is 2. The lowest BCUT2D eigenvalue weighted by Crippen LogP contribution is -2.41. The van der Waals surface area contributed by atoms with E-state index in [1.807, 2.05) is 54.3 Å². The van der Waals surface area contributed by atoms with Gasteiger partial charge in [0.1, 0.15) is 5.82 Å². The lowest BCUT2D eigenvalue weighted by molar-refractivity contribution is -0.134. The van der Waals surface area contributed by atoms with Gasteiger partial charge in [-0.2, -0.15) is 0 Å². The van der Waals surface area contributed by atoms with Gasteiger partial charge in [0.05, 0.1) is 0 Å². The SMILES string of the molecule is CCC(=O)N(CC1CCN(CCc2ccc(F)cc2)CC1)c1ccccc1.O=C(O)/C=C/C(=O)O. The van der Waals surface area contributed by atoms with Gasteiger partial charge in [-0.3, -0.25) is 4.79 Å². The Labute approximate surface area is 205 Å². The number of halogens is 1. The number of para-hydroxylation sites is 1. The van der Waals surface area contributed by atoms with Crippen LogP contribution in [0.5, 0.6) is 0 Å². The van der Waals surface area contributed by atoms with Gasteiger partial charge >= 0.3 is 11.9 Å². The molecule has 2 aromatic rings. The van der Waals surface area contributed by atoms with Gasteiger partial charge in [0.15, 0.2) is 0 Å². The second-order valence-electron chi connectivity index (χ2n) is 8.36. The van der Waals surface area contributed by atoms with Gasteiger partial charge in [-0.25, -0.2) is 14.0 Å². The maximum Gasteiger partial charge on any atom is 0.328 e. The molecular formula is C27H33FN2O5. The van der Waals surface area contributed by atoms with Crippen LogP contribution in [0.2, 0.25) is 0 Å². The van der Waals surface area contributed by atoms with E-state index in [-0.39, 0.29) is 11.7 Å². The fourth-order valence-corrected chi connectivity index (χ4v) is 3.88. The number of carbonyl (C=O) groups is 3. The molecule has 0 bridgehead atoms. The quantitative estimate of drug-likeness (QED) is 0.517. The van der Waals surface area contributed by atoms with Gasteiger partial charge in [0.2, 0.25) is 5.91 Å². The highest BCUT2D eigenvalue weighted by atomic mass is 19.1. The minimum Gasteiger partial charge on any atom is -0.478 e. The summed E-state index contributed by atoms with van der Waals surface area (Å²) >= 11 is 0. The number of carboxylic acids is 2. The van der Waals surface area contributed by atoms with E-state index >= 15 is 0 Å². The molecule has 0 aliphatic carbocycles. The third-order valence-electron chi connectivity index (χ3n) is 5.82. The number of hydrogen-bond acceptors (Lipinski definition) is 4. The number of carboxylic acid groups (broad SMARTS) is 2. The molecule has 1 amide bonds. The van der Waals surface area contributed by atoms with Crippen molar-refractivity contribution >= 4 is 23.5 Å². The van der Waals surface area contributed by atoms with Crippen LogP contribution < -0.4 is 4.90 Å². The zero-order chi connectivity index (χ0) is 25.6. The molecule has 0 spiro atoms. The zero-order valence-electron chi connectivity index (χ0n) is 20.0. The number of carbonyl (C=O) groups excluding carboxylic acids is 1. The molecule has 35 heavy (non-hydrogen) atoms. The van der Waals surface area contributed by atoms with Crippen LogP contribution in [0.4, 0.5) is 10.1 Å². The van der Waals surface area contributed by atoms with E-state index in [1.54, 1.807) is 0 Å². The van der Waals surface area contributed by atoms with Crippen LogP contribution >= 0.6 is 0 Å². The van der Waals surface area contributed by atoms with Crippen LogP contribution in [-0.4, -0.2) is 59.1 Å². The van der Waals surface area contributed by atoms with Crippen molar-refractivity contribution in [3.05, 3.63) is 78.1 Å². The minimum absolute atomic E-state index is 0.177. The molecule has 0 atom stereocenters. The van der Waals surface area contributed by atoms with Crippen molar-refractivity contribution in [3.63, 3.8) is 0 Å². The normalized spacial score (nSPS) is 14.2. The molecule has 2 aromatic carbocycles. The van der Waals surface area contributed by atoms with Crippen LogP contribution in [0, 0.1) is 11.7 Å². The highest BCUT2D eigenvalue weighted by molar-refractivity contribution is 5.93. The number of amides is 1. The molecule has 188 valence electrons. The monoisotopic (exact) mass is 484 g/mol. The maximum absolute atomic E-state index is 13.0. The Morgan fingerprint density at radius 2 is 1.54 bits per heavy atom. The fourth-order valence-electron chi connectivity index (χ4n) is 3.88. The van der Waals surface area contributed by atoms with Gasteiger partial charge < -0.3 is 20.0 Å². The Bertz CT molecular complexity index is 955. The van der Waals surface area contributed by atoms with Gasteiger partial charge in [-0.15, -0.1) is 0 Å². The van der Waals surface area contributed by atoms with E-state index in [9.17, 15) is 18.8 Å². The smallest absolute Gasteiger partial charge is 0.328 e. The molecule has 0 unspecified atom stereocenters. The van der Waals surface area contributed by atoms with E-state index in [4.69, 9.17) is 10.2 Å². The van der Waals surface area contributed by atoms with Crippen LogP contribution in [0.25, 0.3) is 0 Å². The highest BCUT2D eigenvalue weighted by Crippen LogP contribution is 2.23. The first-order valence-corrected chi connectivity index (χ1v) is 11.7. The Kier molecular flexibility index (Phi) is 11.6. The summed E-state index contributed by atoms with van der Waals surface area (Å²) in [5.41, 5.74) is 2.19. The molecule has 2 N–H and O–H groups in total. The van der Waals surface area contributed by atoms with E-state index in [1.165, 1.54) is 17.7 Å². The second kappa shape index (κ2) is 14.7.